The summed E-state index contributed by atoms with van der Waals surface area (Å²) in [6.07, 6.45) is 6.19. The van der Waals surface area contributed by atoms with Crippen molar-refractivity contribution in [2.75, 3.05) is 44.2 Å². The second-order valence-electron chi connectivity index (χ2n) is 9.38. The summed E-state index contributed by atoms with van der Waals surface area (Å²) in [7, 11) is 0. The third-order valence-corrected chi connectivity index (χ3v) is 6.29. The molecule has 0 radical (unpaired) electrons. The number of imidazole rings is 1. The largest absolute Gasteiger partial charge is 0.492 e. The molecule has 3 amide bonds. The van der Waals surface area contributed by atoms with Crippen molar-refractivity contribution in [2.24, 2.45) is 0 Å². The Morgan fingerprint density at radius 1 is 1.08 bits per heavy atom. The number of carbonyl (C=O) groups is 2. The van der Waals surface area contributed by atoms with Gasteiger partial charge >= 0.3 is 6.03 Å². The van der Waals surface area contributed by atoms with Crippen LogP contribution < -0.4 is 20.3 Å². The smallest absolute Gasteiger partial charge is 0.317 e. The van der Waals surface area contributed by atoms with Gasteiger partial charge in [0, 0.05) is 56.8 Å². The van der Waals surface area contributed by atoms with Crippen LogP contribution in [-0.2, 0) is 4.79 Å². The lowest BCUT2D eigenvalue weighted by Gasteiger charge is -2.42. The minimum Gasteiger partial charge on any atom is -0.492 e. The van der Waals surface area contributed by atoms with E-state index in [0.717, 1.165) is 29.2 Å². The summed E-state index contributed by atoms with van der Waals surface area (Å²) < 4.78 is 7.48. The topological polar surface area (TPSA) is 118 Å². The molecule has 1 saturated heterocycles. The zero-order chi connectivity index (χ0) is 26.9. The lowest BCUT2D eigenvalue weighted by atomic mass is 10.1. The molecule has 1 aliphatic rings. The molecule has 1 aromatic carbocycles. The Balaban J connectivity index is 1.43. The number of carbonyl (C=O) groups excluding carboxylic acids is 2. The molecule has 0 spiro atoms. The van der Waals surface area contributed by atoms with Crippen molar-refractivity contribution in [2.45, 2.75) is 39.7 Å². The van der Waals surface area contributed by atoms with Crippen molar-refractivity contribution in [3.63, 3.8) is 0 Å². The monoisotopic (exact) mass is 520 g/mol. The van der Waals surface area contributed by atoms with Crippen LogP contribution in [0.5, 0.6) is 5.75 Å². The molecular weight excluding hydrogens is 484 g/mol. The van der Waals surface area contributed by atoms with Gasteiger partial charge in [-0.2, -0.15) is 4.98 Å². The van der Waals surface area contributed by atoms with Gasteiger partial charge < -0.3 is 25.2 Å². The maximum Gasteiger partial charge on any atom is 0.317 e. The van der Waals surface area contributed by atoms with Crippen LogP contribution in [0.1, 0.15) is 31.0 Å². The van der Waals surface area contributed by atoms with E-state index < -0.39 is 0 Å². The van der Waals surface area contributed by atoms with Crippen molar-refractivity contribution in [3.05, 3.63) is 60.3 Å². The Hall–Kier alpha value is -4.15. The van der Waals surface area contributed by atoms with Crippen molar-refractivity contribution in [1.82, 2.24) is 35.1 Å². The highest BCUT2D eigenvalue weighted by Gasteiger charge is 2.32. The molecular formula is C27H36N8O3. The fourth-order valence-corrected chi connectivity index (χ4v) is 4.32. The van der Waals surface area contributed by atoms with Gasteiger partial charge in [-0.15, -0.1) is 0 Å². The summed E-state index contributed by atoms with van der Waals surface area (Å²) >= 11 is 0. The first-order valence-electron chi connectivity index (χ1n) is 13.0. The van der Waals surface area contributed by atoms with Crippen LogP contribution in [0.2, 0.25) is 0 Å². The molecule has 2 aromatic heterocycles. The third kappa shape index (κ3) is 7.21. The van der Waals surface area contributed by atoms with E-state index in [2.05, 4.69) is 25.5 Å². The van der Waals surface area contributed by atoms with E-state index in [1.807, 2.05) is 51.1 Å². The second-order valence-corrected chi connectivity index (χ2v) is 9.38. The number of aryl methyl sites for hydroxylation is 2. The van der Waals surface area contributed by atoms with Gasteiger partial charge in [-0.1, -0.05) is 24.6 Å². The average Bonchev–Trinajstić information content (AvgIpc) is 3.46. The van der Waals surface area contributed by atoms with E-state index >= 15 is 0 Å². The molecule has 2 N–H and O–H groups in total. The van der Waals surface area contributed by atoms with Crippen molar-refractivity contribution < 1.29 is 14.3 Å². The van der Waals surface area contributed by atoms with Crippen LogP contribution in [0.3, 0.4) is 0 Å². The Morgan fingerprint density at radius 2 is 1.89 bits per heavy atom. The Bertz CT molecular complexity index is 1200. The first-order chi connectivity index (χ1) is 18.4. The van der Waals surface area contributed by atoms with Crippen LogP contribution in [-0.4, -0.2) is 81.7 Å². The minimum atomic E-state index is -0.251. The summed E-state index contributed by atoms with van der Waals surface area (Å²) in [6.45, 7) is 8.81. The molecule has 0 aliphatic carbocycles. The molecule has 1 atom stereocenters. The third-order valence-electron chi connectivity index (χ3n) is 6.29. The molecule has 202 valence electrons. The molecule has 3 aromatic rings. The molecule has 38 heavy (non-hydrogen) atoms. The van der Waals surface area contributed by atoms with Gasteiger partial charge in [0.05, 0.1) is 12.6 Å². The number of anilines is 1. The number of nitrogens with zero attached hydrogens (tertiary/aromatic N) is 6. The standard InChI is InChI=1S/C27H36N8O3/c1-4-9-30-27(37)33-13-14-35(24-16-21(3)31-26(32-24)34-12-10-28-19-34)22(18-33)17-25(36)29-11-15-38-23-7-5-20(2)6-8-23/h5-8,10,12,16,19,22H,4,9,11,13-15,17-18H2,1-3H3,(H,29,36)(H,30,37). The number of rotatable bonds is 10. The molecule has 11 heteroatoms. The summed E-state index contributed by atoms with van der Waals surface area (Å²) in [5, 5.41) is 5.90. The van der Waals surface area contributed by atoms with Crippen LogP contribution >= 0.6 is 0 Å². The van der Waals surface area contributed by atoms with Crippen LogP contribution in [0.4, 0.5) is 10.6 Å². The summed E-state index contributed by atoms with van der Waals surface area (Å²) in [5.74, 6) is 1.89. The zero-order valence-corrected chi connectivity index (χ0v) is 22.3. The number of hydrogen-bond acceptors (Lipinski definition) is 7. The highest BCUT2D eigenvalue weighted by molar-refractivity contribution is 5.78. The number of amides is 3. The van der Waals surface area contributed by atoms with Crippen LogP contribution in [0.15, 0.2) is 49.1 Å². The minimum absolute atomic E-state index is 0.107. The fourth-order valence-electron chi connectivity index (χ4n) is 4.32. The number of hydrogen-bond donors (Lipinski definition) is 2. The van der Waals surface area contributed by atoms with E-state index in [9.17, 15) is 9.59 Å². The first-order valence-corrected chi connectivity index (χ1v) is 13.0. The van der Waals surface area contributed by atoms with E-state index in [1.165, 1.54) is 0 Å². The normalized spacial score (nSPS) is 15.3. The van der Waals surface area contributed by atoms with Crippen LogP contribution in [0, 0.1) is 13.8 Å². The molecule has 3 heterocycles. The van der Waals surface area contributed by atoms with Gasteiger partial charge in [0.15, 0.2) is 0 Å². The molecule has 1 unspecified atom stereocenters. The van der Waals surface area contributed by atoms with Gasteiger partial charge in [-0.3, -0.25) is 9.36 Å². The van der Waals surface area contributed by atoms with Gasteiger partial charge in [0.1, 0.15) is 24.5 Å². The van der Waals surface area contributed by atoms with Gasteiger partial charge in [0.25, 0.3) is 0 Å². The van der Waals surface area contributed by atoms with Gasteiger partial charge in [-0.25, -0.2) is 14.8 Å². The van der Waals surface area contributed by atoms with Crippen LogP contribution in [0.25, 0.3) is 5.95 Å². The van der Waals surface area contributed by atoms with Gasteiger partial charge in [0.2, 0.25) is 11.9 Å². The van der Waals surface area contributed by atoms with Crippen molar-refractivity contribution in [1.29, 1.82) is 0 Å². The summed E-state index contributed by atoms with van der Waals surface area (Å²) in [6, 6.07) is 9.35. The Kier molecular flexibility index (Phi) is 9.12. The quantitative estimate of drug-likeness (QED) is 0.395. The molecule has 11 nitrogen and oxygen atoms in total. The predicted octanol–water partition coefficient (Wildman–Crippen LogP) is 2.47. The molecule has 1 aliphatic heterocycles. The van der Waals surface area contributed by atoms with Crippen molar-refractivity contribution >= 4 is 17.8 Å². The van der Waals surface area contributed by atoms with E-state index in [0.29, 0.717) is 45.3 Å². The Labute approximate surface area is 223 Å². The number of urea groups is 1. The molecule has 0 saturated carbocycles. The summed E-state index contributed by atoms with van der Waals surface area (Å²) in [5.41, 5.74) is 1.97. The highest BCUT2D eigenvalue weighted by Crippen LogP contribution is 2.23. The van der Waals surface area contributed by atoms with E-state index in [1.54, 1.807) is 28.2 Å². The number of ether oxygens (including phenoxy) is 1. The number of aromatic nitrogens is 4. The second kappa shape index (κ2) is 12.9. The van der Waals surface area contributed by atoms with E-state index in [-0.39, 0.29) is 24.4 Å². The fraction of sp³-hybridized carbons (Fsp3) is 0.444. The Morgan fingerprint density at radius 3 is 2.63 bits per heavy atom. The number of benzene rings is 1. The predicted molar refractivity (Wildman–Crippen MR) is 145 cm³/mol. The SMILES string of the molecule is CCCNC(=O)N1CCN(c2cc(C)nc(-n3ccnc3)n2)C(CC(=O)NCCOc2ccc(C)cc2)C1. The highest BCUT2D eigenvalue weighted by atomic mass is 16.5. The summed E-state index contributed by atoms with van der Waals surface area (Å²) in [4.78, 5) is 42.9. The lowest BCUT2D eigenvalue weighted by molar-refractivity contribution is -0.121. The number of nitrogens with one attached hydrogen (secondary N) is 2. The van der Waals surface area contributed by atoms with Crippen molar-refractivity contribution in [3.8, 4) is 11.7 Å². The maximum absolute atomic E-state index is 13.0. The average molecular weight is 521 g/mol. The lowest BCUT2D eigenvalue weighted by Crippen LogP contribution is -2.58. The first kappa shape index (κ1) is 26.9. The maximum atomic E-state index is 13.0. The molecule has 0 bridgehead atoms. The zero-order valence-electron chi connectivity index (χ0n) is 22.3. The molecule has 1 fully saturated rings. The number of piperazine rings is 1. The molecule has 4 rings (SSSR count). The van der Waals surface area contributed by atoms with Gasteiger partial charge in [-0.05, 0) is 32.4 Å². The van der Waals surface area contributed by atoms with E-state index in [4.69, 9.17) is 9.72 Å².